The molecule has 0 saturated carbocycles. The number of aromatic nitrogens is 1. The van der Waals surface area contributed by atoms with Crippen LogP contribution < -0.4 is 9.47 Å². The van der Waals surface area contributed by atoms with Crippen LogP contribution in [0.4, 0.5) is 4.39 Å². The number of rotatable bonds is 5. The Hall–Kier alpha value is -2.34. The number of hydrogen-bond donors (Lipinski definition) is 1. The SMILES string of the molecule is C[C@H](Oc1ccc(Oc2ncc(Cl)cc2F)cc1)C(=O)O. The van der Waals surface area contributed by atoms with Crippen molar-refractivity contribution < 1.29 is 23.8 Å². The summed E-state index contributed by atoms with van der Waals surface area (Å²) in [5.41, 5.74) is 0. The quantitative estimate of drug-likeness (QED) is 0.915. The van der Waals surface area contributed by atoms with Gasteiger partial charge in [-0.2, -0.15) is 0 Å². The number of nitrogens with zero attached hydrogens (tertiary/aromatic N) is 1. The lowest BCUT2D eigenvalue weighted by molar-refractivity contribution is -0.144. The summed E-state index contributed by atoms with van der Waals surface area (Å²) in [5.74, 6) is -1.25. The topological polar surface area (TPSA) is 68.7 Å². The number of carboxylic acid groups (broad SMARTS) is 1. The maximum Gasteiger partial charge on any atom is 0.344 e. The fourth-order valence-corrected chi connectivity index (χ4v) is 1.57. The van der Waals surface area contributed by atoms with E-state index >= 15 is 0 Å². The van der Waals surface area contributed by atoms with Gasteiger partial charge in [0, 0.05) is 6.20 Å². The predicted octanol–water partition coefficient (Wildman–Crippen LogP) is 3.52. The molecule has 1 atom stereocenters. The van der Waals surface area contributed by atoms with Gasteiger partial charge in [-0.25, -0.2) is 14.2 Å². The van der Waals surface area contributed by atoms with E-state index in [1.165, 1.54) is 37.4 Å². The average Bonchev–Trinajstić information content (AvgIpc) is 2.43. The van der Waals surface area contributed by atoms with E-state index < -0.39 is 17.9 Å². The van der Waals surface area contributed by atoms with Gasteiger partial charge >= 0.3 is 5.97 Å². The predicted molar refractivity (Wildman–Crippen MR) is 73.4 cm³/mol. The van der Waals surface area contributed by atoms with Gasteiger partial charge in [0.2, 0.25) is 0 Å². The first kappa shape index (κ1) is 15.1. The summed E-state index contributed by atoms with van der Waals surface area (Å²) in [4.78, 5) is 14.4. The highest BCUT2D eigenvalue weighted by Gasteiger charge is 2.12. The van der Waals surface area contributed by atoms with Gasteiger partial charge in [-0.15, -0.1) is 0 Å². The van der Waals surface area contributed by atoms with Crippen LogP contribution in [0.3, 0.4) is 0 Å². The maximum atomic E-state index is 13.5. The smallest absolute Gasteiger partial charge is 0.344 e. The monoisotopic (exact) mass is 311 g/mol. The van der Waals surface area contributed by atoms with Crippen molar-refractivity contribution >= 4 is 17.6 Å². The van der Waals surface area contributed by atoms with Crippen molar-refractivity contribution in [2.24, 2.45) is 0 Å². The Bertz CT molecular complexity index is 648. The third kappa shape index (κ3) is 4.06. The third-order valence-electron chi connectivity index (χ3n) is 2.47. The van der Waals surface area contributed by atoms with Crippen LogP contribution in [0.2, 0.25) is 5.02 Å². The average molecular weight is 312 g/mol. The summed E-state index contributed by atoms with van der Waals surface area (Å²) in [6.45, 7) is 1.42. The highest BCUT2D eigenvalue weighted by Crippen LogP contribution is 2.26. The van der Waals surface area contributed by atoms with Crippen LogP contribution in [-0.2, 0) is 4.79 Å². The number of pyridine rings is 1. The van der Waals surface area contributed by atoms with Gasteiger partial charge in [-0.05, 0) is 37.3 Å². The Balaban J connectivity index is 2.07. The molecule has 2 aromatic rings. The van der Waals surface area contributed by atoms with Crippen LogP contribution in [0, 0.1) is 5.82 Å². The second kappa shape index (κ2) is 6.41. The highest BCUT2D eigenvalue weighted by atomic mass is 35.5. The van der Waals surface area contributed by atoms with Crippen molar-refractivity contribution in [3.63, 3.8) is 0 Å². The maximum absolute atomic E-state index is 13.5. The molecule has 0 radical (unpaired) electrons. The zero-order chi connectivity index (χ0) is 15.4. The fraction of sp³-hybridized carbons (Fsp3) is 0.143. The van der Waals surface area contributed by atoms with E-state index in [2.05, 4.69) is 4.98 Å². The van der Waals surface area contributed by atoms with Crippen LogP contribution in [0.15, 0.2) is 36.5 Å². The molecular formula is C14H11ClFNO4. The van der Waals surface area contributed by atoms with E-state index in [0.29, 0.717) is 11.5 Å². The lowest BCUT2D eigenvalue weighted by Crippen LogP contribution is -2.22. The minimum absolute atomic E-state index is 0.172. The molecule has 0 bridgehead atoms. The summed E-state index contributed by atoms with van der Waals surface area (Å²) in [7, 11) is 0. The molecule has 0 aliphatic rings. The molecule has 0 aliphatic heterocycles. The fourth-order valence-electron chi connectivity index (χ4n) is 1.43. The van der Waals surface area contributed by atoms with Crippen molar-refractivity contribution in [2.75, 3.05) is 0 Å². The van der Waals surface area contributed by atoms with Crippen LogP contribution >= 0.6 is 11.6 Å². The van der Waals surface area contributed by atoms with Crippen LogP contribution in [0.25, 0.3) is 0 Å². The van der Waals surface area contributed by atoms with Gasteiger partial charge in [-0.1, -0.05) is 11.6 Å². The Morgan fingerprint density at radius 2 is 1.95 bits per heavy atom. The molecule has 0 fully saturated rings. The molecule has 0 saturated heterocycles. The van der Waals surface area contributed by atoms with E-state index in [4.69, 9.17) is 26.2 Å². The van der Waals surface area contributed by atoms with E-state index in [0.717, 1.165) is 6.07 Å². The minimum atomic E-state index is -1.07. The molecule has 1 N–H and O–H groups in total. The molecule has 1 heterocycles. The Morgan fingerprint density at radius 3 is 2.52 bits per heavy atom. The van der Waals surface area contributed by atoms with Crippen molar-refractivity contribution in [2.45, 2.75) is 13.0 Å². The van der Waals surface area contributed by atoms with Gasteiger partial charge in [0.25, 0.3) is 5.88 Å². The standard InChI is InChI=1S/C14H11ClFNO4/c1-8(14(18)19)20-10-2-4-11(5-3-10)21-13-12(16)6-9(15)7-17-13/h2-8H,1H3,(H,18,19)/t8-/m0/s1. The van der Waals surface area contributed by atoms with E-state index in [1.807, 2.05) is 0 Å². The summed E-state index contributed by atoms with van der Waals surface area (Å²) in [6.07, 6.45) is 0.304. The van der Waals surface area contributed by atoms with Gasteiger partial charge < -0.3 is 14.6 Å². The second-order valence-corrected chi connectivity index (χ2v) is 4.55. The summed E-state index contributed by atoms with van der Waals surface area (Å²) < 4.78 is 23.9. The normalized spacial score (nSPS) is 11.8. The van der Waals surface area contributed by atoms with Crippen molar-refractivity contribution in [1.29, 1.82) is 0 Å². The minimum Gasteiger partial charge on any atom is -0.479 e. The highest BCUT2D eigenvalue weighted by molar-refractivity contribution is 6.30. The van der Waals surface area contributed by atoms with E-state index in [1.54, 1.807) is 0 Å². The van der Waals surface area contributed by atoms with Crippen molar-refractivity contribution in [3.05, 3.63) is 47.4 Å². The molecule has 1 aromatic heterocycles. The van der Waals surface area contributed by atoms with Crippen molar-refractivity contribution in [1.82, 2.24) is 4.98 Å². The number of halogens is 2. The molecule has 0 spiro atoms. The lowest BCUT2D eigenvalue weighted by Gasteiger charge is -2.11. The van der Waals surface area contributed by atoms with E-state index in [9.17, 15) is 9.18 Å². The molecule has 0 amide bonds. The summed E-state index contributed by atoms with van der Waals surface area (Å²) >= 11 is 5.59. The number of ether oxygens (including phenoxy) is 2. The molecule has 110 valence electrons. The van der Waals surface area contributed by atoms with Gasteiger partial charge in [-0.3, -0.25) is 0 Å². The largest absolute Gasteiger partial charge is 0.479 e. The Kier molecular flexibility index (Phi) is 4.59. The number of carbonyl (C=O) groups is 1. The Labute approximate surface area is 124 Å². The first-order valence-electron chi connectivity index (χ1n) is 5.94. The molecule has 7 heteroatoms. The first-order chi connectivity index (χ1) is 9.95. The Morgan fingerprint density at radius 1 is 1.33 bits per heavy atom. The zero-order valence-electron chi connectivity index (χ0n) is 10.9. The molecule has 0 unspecified atom stereocenters. The van der Waals surface area contributed by atoms with Gasteiger partial charge in [0.1, 0.15) is 11.5 Å². The van der Waals surface area contributed by atoms with Crippen LogP contribution in [-0.4, -0.2) is 22.2 Å². The molecule has 21 heavy (non-hydrogen) atoms. The number of aliphatic carboxylic acids is 1. The summed E-state index contributed by atoms with van der Waals surface area (Å²) in [6, 6.07) is 7.15. The lowest BCUT2D eigenvalue weighted by atomic mass is 10.3. The van der Waals surface area contributed by atoms with Crippen molar-refractivity contribution in [3.8, 4) is 17.4 Å². The number of hydrogen-bond acceptors (Lipinski definition) is 4. The zero-order valence-corrected chi connectivity index (χ0v) is 11.7. The van der Waals surface area contributed by atoms with E-state index in [-0.39, 0.29) is 10.9 Å². The molecule has 2 rings (SSSR count). The summed E-state index contributed by atoms with van der Waals surface area (Å²) in [5, 5.41) is 8.91. The number of benzene rings is 1. The van der Waals surface area contributed by atoms with Crippen LogP contribution in [0.5, 0.6) is 17.4 Å². The van der Waals surface area contributed by atoms with Gasteiger partial charge in [0.15, 0.2) is 11.9 Å². The molecule has 5 nitrogen and oxygen atoms in total. The number of carboxylic acids is 1. The second-order valence-electron chi connectivity index (χ2n) is 4.11. The molecular weight excluding hydrogens is 301 g/mol. The molecule has 1 aromatic carbocycles. The molecule has 0 aliphatic carbocycles. The first-order valence-corrected chi connectivity index (χ1v) is 6.32. The third-order valence-corrected chi connectivity index (χ3v) is 2.68. The van der Waals surface area contributed by atoms with Crippen LogP contribution in [0.1, 0.15) is 6.92 Å². The van der Waals surface area contributed by atoms with Gasteiger partial charge in [0.05, 0.1) is 5.02 Å².